The van der Waals surface area contributed by atoms with Crippen LogP contribution in [0.5, 0.6) is 0 Å². The van der Waals surface area contributed by atoms with Crippen molar-refractivity contribution in [2.75, 3.05) is 20.1 Å². The highest BCUT2D eigenvalue weighted by molar-refractivity contribution is 5.60. The van der Waals surface area contributed by atoms with E-state index < -0.39 is 0 Å². The minimum Gasteiger partial charge on any atom is -0.305 e. The van der Waals surface area contributed by atoms with Crippen molar-refractivity contribution in [3.63, 3.8) is 0 Å². The molecular weight excluding hydrogens is 186 g/mol. The zero-order valence-corrected chi connectivity index (χ0v) is 10.5. The van der Waals surface area contributed by atoms with Gasteiger partial charge in [-0.05, 0) is 25.8 Å². The Bertz CT molecular complexity index is 195. The van der Waals surface area contributed by atoms with E-state index in [1.165, 1.54) is 25.5 Å². The molecule has 0 aromatic heterocycles. The molecule has 0 spiro atoms. The fourth-order valence-electron chi connectivity index (χ4n) is 2.79. The van der Waals surface area contributed by atoms with Crippen LogP contribution < -0.4 is 0 Å². The van der Waals surface area contributed by atoms with Gasteiger partial charge >= 0.3 is 0 Å². The Morgan fingerprint density at radius 1 is 1.27 bits per heavy atom. The summed E-state index contributed by atoms with van der Waals surface area (Å²) in [6.07, 6.45) is 7.19. The molecule has 0 heterocycles. The second kappa shape index (κ2) is 5.64. The van der Waals surface area contributed by atoms with E-state index in [0.29, 0.717) is 5.92 Å². The van der Waals surface area contributed by atoms with Crippen LogP contribution in [-0.2, 0) is 4.79 Å². The zero-order valence-electron chi connectivity index (χ0n) is 10.5. The lowest BCUT2D eigenvalue weighted by Crippen LogP contribution is -2.39. The Kier molecular flexibility index (Phi) is 4.78. The minimum absolute atomic E-state index is 0.0259. The smallest absolute Gasteiger partial charge is 0.127 e. The van der Waals surface area contributed by atoms with Crippen molar-refractivity contribution < 1.29 is 4.79 Å². The third kappa shape index (κ3) is 3.94. The lowest BCUT2D eigenvalue weighted by molar-refractivity contribution is -0.119. The molecule has 0 aliphatic heterocycles. The second-order valence-corrected chi connectivity index (χ2v) is 5.63. The summed E-state index contributed by atoms with van der Waals surface area (Å²) in [7, 11) is 2.14. The number of rotatable bonds is 5. The molecule has 1 fully saturated rings. The third-order valence-electron chi connectivity index (χ3n) is 3.36. The molecule has 0 N–H and O–H groups in total. The van der Waals surface area contributed by atoms with Gasteiger partial charge in [0.2, 0.25) is 0 Å². The Hall–Kier alpha value is -0.370. The first-order valence-electron chi connectivity index (χ1n) is 6.23. The lowest BCUT2D eigenvalue weighted by Gasteiger charge is -2.36. The lowest BCUT2D eigenvalue weighted by atomic mass is 9.75. The van der Waals surface area contributed by atoms with Gasteiger partial charge in [-0.3, -0.25) is 0 Å². The second-order valence-electron chi connectivity index (χ2n) is 5.63. The highest BCUT2D eigenvalue weighted by Crippen LogP contribution is 2.34. The largest absolute Gasteiger partial charge is 0.305 e. The molecule has 1 aliphatic rings. The minimum atomic E-state index is -0.0259. The SMILES string of the molecule is CC(C)CN(C)CC1(C=O)CCCCC1. The van der Waals surface area contributed by atoms with Gasteiger partial charge in [-0.15, -0.1) is 0 Å². The zero-order chi connectivity index (χ0) is 11.3. The maximum atomic E-state index is 11.3. The van der Waals surface area contributed by atoms with E-state index in [1.54, 1.807) is 0 Å². The van der Waals surface area contributed by atoms with Crippen LogP contribution in [0.1, 0.15) is 46.0 Å². The van der Waals surface area contributed by atoms with Crippen LogP contribution >= 0.6 is 0 Å². The first-order chi connectivity index (χ1) is 7.08. The third-order valence-corrected chi connectivity index (χ3v) is 3.36. The summed E-state index contributed by atoms with van der Waals surface area (Å²) in [5.74, 6) is 0.683. The number of hydrogen-bond donors (Lipinski definition) is 0. The topological polar surface area (TPSA) is 20.3 Å². The molecule has 88 valence electrons. The number of carbonyl (C=O) groups excluding carboxylic acids is 1. The van der Waals surface area contributed by atoms with E-state index in [-0.39, 0.29) is 5.41 Å². The average molecular weight is 211 g/mol. The van der Waals surface area contributed by atoms with Crippen LogP contribution in [0.3, 0.4) is 0 Å². The molecular formula is C13H25NO. The molecule has 0 atom stereocenters. The van der Waals surface area contributed by atoms with Gasteiger partial charge in [-0.2, -0.15) is 0 Å². The molecule has 1 saturated carbocycles. The van der Waals surface area contributed by atoms with Gasteiger partial charge < -0.3 is 9.69 Å². The van der Waals surface area contributed by atoms with Crippen molar-refractivity contribution in [3.05, 3.63) is 0 Å². The average Bonchev–Trinajstić information content (AvgIpc) is 2.17. The molecule has 1 rings (SSSR count). The van der Waals surface area contributed by atoms with Crippen LogP contribution in [0.25, 0.3) is 0 Å². The number of carbonyl (C=O) groups is 1. The maximum Gasteiger partial charge on any atom is 0.127 e. The van der Waals surface area contributed by atoms with Gasteiger partial charge in [0.1, 0.15) is 6.29 Å². The molecule has 0 unspecified atom stereocenters. The van der Waals surface area contributed by atoms with Crippen LogP contribution in [0.4, 0.5) is 0 Å². The van der Waals surface area contributed by atoms with Crippen LogP contribution in [0, 0.1) is 11.3 Å². The molecule has 0 radical (unpaired) electrons. The van der Waals surface area contributed by atoms with Gasteiger partial charge in [0.15, 0.2) is 0 Å². The molecule has 2 heteroatoms. The fourth-order valence-corrected chi connectivity index (χ4v) is 2.79. The van der Waals surface area contributed by atoms with Gasteiger partial charge in [0, 0.05) is 18.5 Å². The molecule has 2 nitrogen and oxygen atoms in total. The highest BCUT2D eigenvalue weighted by atomic mass is 16.1. The van der Waals surface area contributed by atoms with Crippen molar-refractivity contribution in [1.29, 1.82) is 0 Å². The van der Waals surface area contributed by atoms with Crippen molar-refractivity contribution in [2.45, 2.75) is 46.0 Å². The first kappa shape index (κ1) is 12.7. The van der Waals surface area contributed by atoms with E-state index in [0.717, 1.165) is 25.9 Å². The number of aldehydes is 1. The Balaban J connectivity index is 2.47. The maximum absolute atomic E-state index is 11.3. The summed E-state index contributed by atoms with van der Waals surface area (Å²) in [5.41, 5.74) is -0.0259. The summed E-state index contributed by atoms with van der Waals surface area (Å²) in [6.45, 7) is 6.50. The predicted octanol–water partition coefficient (Wildman–Crippen LogP) is 2.72. The summed E-state index contributed by atoms with van der Waals surface area (Å²) in [4.78, 5) is 13.6. The van der Waals surface area contributed by atoms with Gasteiger partial charge in [0.05, 0.1) is 0 Å². The number of hydrogen-bond acceptors (Lipinski definition) is 2. The summed E-state index contributed by atoms with van der Waals surface area (Å²) < 4.78 is 0. The standard InChI is InChI=1S/C13H25NO/c1-12(2)9-14(3)10-13(11-15)7-5-4-6-8-13/h11-12H,4-10H2,1-3H3. The van der Waals surface area contributed by atoms with Crippen molar-refractivity contribution in [3.8, 4) is 0 Å². The van der Waals surface area contributed by atoms with Crippen LogP contribution in [0.15, 0.2) is 0 Å². The summed E-state index contributed by atoms with van der Waals surface area (Å²) >= 11 is 0. The molecule has 0 bridgehead atoms. The predicted molar refractivity (Wildman–Crippen MR) is 63.9 cm³/mol. The fraction of sp³-hybridized carbons (Fsp3) is 0.923. The van der Waals surface area contributed by atoms with Gasteiger partial charge in [-0.25, -0.2) is 0 Å². The van der Waals surface area contributed by atoms with E-state index >= 15 is 0 Å². The van der Waals surface area contributed by atoms with E-state index in [4.69, 9.17) is 0 Å². The molecule has 1 aliphatic carbocycles. The van der Waals surface area contributed by atoms with Crippen molar-refractivity contribution >= 4 is 6.29 Å². The quantitative estimate of drug-likeness (QED) is 0.652. The van der Waals surface area contributed by atoms with Gasteiger partial charge in [-0.1, -0.05) is 33.1 Å². The normalized spacial score (nSPS) is 20.9. The summed E-state index contributed by atoms with van der Waals surface area (Å²) in [5, 5.41) is 0. The highest BCUT2D eigenvalue weighted by Gasteiger charge is 2.32. The Labute approximate surface area is 94.0 Å². The monoisotopic (exact) mass is 211 g/mol. The molecule has 0 amide bonds. The van der Waals surface area contributed by atoms with Crippen molar-refractivity contribution in [1.82, 2.24) is 4.90 Å². The summed E-state index contributed by atoms with van der Waals surface area (Å²) in [6, 6.07) is 0. The molecule has 0 aromatic carbocycles. The molecule has 0 aromatic rings. The molecule has 0 saturated heterocycles. The van der Waals surface area contributed by atoms with E-state index in [9.17, 15) is 4.79 Å². The van der Waals surface area contributed by atoms with E-state index in [2.05, 4.69) is 25.8 Å². The van der Waals surface area contributed by atoms with Crippen LogP contribution in [-0.4, -0.2) is 31.3 Å². The van der Waals surface area contributed by atoms with Crippen LogP contribution in [0.2, 0.25) is 0 Å². The Morgan fingerprint density at radius 3 is 2.33 bits per heavy atom. The first-order valence-corrected chi connectivity index (χ1v) is 6.23. The van der Waals surface area contributed by atoms with Crippen molar-refractivity contribution in [2.24, 2.45) is 11.3 Å². The van der Waals surface area contributed by atoms with E-state index in [1.807, 2.05) is 0 Å². The Morgan fingerprint density at radius 2 is 1.87 bits per heavy atom. The number of nitrogens with zero attached hydrogens (tertiary/aromatic N) is 1. The molecule has 15 heavy (non-hydrogen) atoms. The van der Waals surface area contributed by atoms with Gasteiger partial charge in [0.25, 0.3) is 0 Å².